The van der Waals surface area contributed by atoms with Gasteiger partial charge in [-0.15, -0.1) is 0 Å². The molecular formula is C17H20N2O. The summed E-state index contributed by atoms with van der Waals surface area (Å²) in [6.07, 6.45) is 7.95. The summed E-state index contributed by atoms with van der Waals surface area (Å²) >= 11 is 0. The van der Waals surface area contributed by atoms with E-state index in [0.717, 1.165) is 30.6 Å². The van der Waals surface area contributed by atoms with Crippen molar-refractivity contribution in [1.29, 1.82) is 0 Å². The van der Waals surface area contributed by atoms with Gasteiger partial charge in [0.1, 0.15) is 5.75 Å². The Morgan fingerprint density at radius 1 is 1.20 bits per heavy atom. The summed E-state index contributed by atoms with van der Waals surface area (Å²) in [5.41, 5.74) is 9.98. The number of nitrogens with two attached hydrogens (primary N) is 1. The van der Waals surface area contributed by atoms with Crippen LogP contribution in [0.1, 0.15) is 36.0 Å². The SMILES string of the molecule is COc1cncc(C2(N)CCCCc3ccccc32)c1. The Labute approximate surface area is 119 Å². The summed E-state index contributed by atoms with van der Waals surface area (Å²) in [6.45, 7) is 0. The molecule has 1 atom stereocenters. The van der Waals surface area contributed by atoms with Crippen LogP contribution in [0.15, 0.2) is 42.7 Å². The van der Waals surface area contributed by atoms with Gasteiger partial charge in [-0.25, -0.2) is 0 Å². The second kappa shape index (κ2) is 5.25. The third-order valence-corrected chi connectivity index (χ3v) is 4.23. The van der Waals surface area contributed by atoms with Gasteiger partial charge < -0.3 is 10.5 Å². The Morgan fingerprint density at radius 2 is 2.05 bits per heavy atom. The zero-order valence-corrected chi connectivity index (χ0v) is 11.8. The number of aromatic nitrogens is 1. The predicted octanol–water partition coefficient (Wildman–Crippen LogP) is 3.02. The molecule has 1 aliphatic rings. The van der Waals surface area contributed by atoms with E-state index in [1.807, 2.05) is 12.3 Å². The molecule has 0 bridgehead atoms. The van der Waals surface area contributed by atoms with Crippen molar-refractivity contribution in [2.75, 3.05) is 7.11 Å². The van der Waals surface area contributed by atoms with Gasteiger partial charge in [0.25, 0.3) is 0 Å². The van der Waals surface area contributed by atoms with Crippen molar-refractivity contribution >= 4 is 0 Å². The molecule has 0 spiro atoms. The van der Waals surface area contributed by atoms with E-state index in [9.17, 15) is 0 Å². The number of hydrogen-bond acceptors (Lipinski definition) is 3. The number of methoxy groups -OCH3 is 1. The van der Waals surface area contributed by atoms with Crippen LogP contribution in [0.5, 0.6) is 5.75 Å². The highest BCUT2D eigenvalue weighted by atomic mass is 16.5. The van der Waals surface area contributed by atoms with Crippen molar-refractivity contribution in [3.63, 3.8) is 0 Å². The molecule has 1 unspecified atom stereocenters. The van der Waals surface area contributed by atoms with Crippen LogP contribution >= 0.6 is 0 Å². The number of benzene rings is 1. The molecule has 1 aromatic carbocycles. The third-order valence-electron chi connectivity index (χ3n) is 4.23. The zero-order chi connectivity index (χ0) is 14.0. The number of ether oxygens (including phenoxy) is 1. The molecule has 2 aromatic rings. The molecule has 2 N–H and O–H groups in total. The molecule has 0 radical (unpaired) electrons. The normalized spacial score (nSPS) is 21.9. The van der Waals surface area contributed by atoms with Gasteiger partial charge in [-0.1, -0.05) is 30.7 Å². The molecule has 1 aromatic heterocycles. The van der Waals surface area contributed by atoms with Crippen molar-refractivity contribution in [2.45, 2.75) is 31.2 Å². The van der Waals surface area contributed by atoms with Crippen LogP contribution in [0.4, 0.5) is 0 Å². The minimum absolute atomic E-state index is 0.464. The summed E-state index contributed by atoms with van der Waals surface area (Å²) in [6, 6.07) is 10.5. The summed E-state index contributed by atoms with van der Waals surface area (Å²) in [5, 5.41) is 0. The molecule has 1 aliphatic carbocycles. The van der Waals surface area contributed by atoms with Crippen LogP contribution in [0.25, 0.3) is 0 Å². The monoisotopic (exact) mass is 268 g/mol. The highest BCUT2D eigenvalue weighted by Crippen LogP contribution is 2.37. The van der Waals surface area contributed by atoms with Gasteiger partial charge in [-0.3, -0.25) is 4.98 Å². The Kier molecular flexibility index (Phi) is 3.45. The van der Waals surface area contributed by atoms with Gasteiger partial charge in [0.2, 0.25) is 0 Å². The number of hydrogen-bond donors (Lipinski definition) is 1. The van der Waals surface area contributed by atoms with E-state index in [2.05, 4.69) is 29.2 Å². The molecule has 3 nitrogen and oxygen atoms in total. The number of fused-ring (bicyclic) bond motifs is 1. The zero-order valence-electron chi connectivity index (χ0n) is 11.8. The fourth-order valence-corrected chi connectivity index (χ4v) is 3.10. The maximum absolute atomic E-state index is 6.82. The van der Waals surface area contributed by atoms with E-state index in [-0.39, 0.29) is 0 Å². The summed E-state index contributed by atoms with van der Waals surface area (Å²) in [4.78, 5) is 4.27. The van der Waals surface area contributed by atoms with Crippen LogP contribution < -0.4 is 10.5 Å². The Morgan fingerprint density at radius 3 is 2.90 bits per heavy atom. The fourth-order valence-electron chi connectivity index (χ4n) is 3.10. The molecule has 3 rings (SSSR count). The predicted molar refractivity (Wildman–Crippen MR) is 79.8 cm³/mol. The minimum Gasteiger partial charge on any atom is -0.495 e. The number of nitrogens with zero attached hydrogens (tertiary/aromatic N) is 1. The smallest absolute Gasteiger partial charge is 0.137 e. The van der Waals surface area contributed by atoms with E-state index < -0.39 is 5.54 Å². The molecule has 0 fully saturated rings. The average Bonchev–Trinajstić information content (AvgIpc) is 2.68. The van der Waals surface area contributed by atoms with Gasteiger partial charge in [0.15, 0.2) is 0 Å². The molecule has 1 heterocycles. The lowest BCUT2D eigenvalue weighted by atomic mass is 9.80. The Balaban J connectivity index is 2.14. The van der Waals surface area contributed by atoms with Gasteiger partial charge in [-0.2, -0.15) is 0 Å². The molecule has 0 aliphatic heterocycles. The van der Waals surface area contributed by atoms with E-state index in [1.165, 1.54) is 17.5 Å². The van der Waals surface area contributed by atoms with Crippen LogP contribution in [0.2, 0.25) is 0 Å². The van der Waals surface area contributed by atoms with Crippen molar-refractivity contribution in [3.05, 3.63) is 59.4 Å². The largest absolute Gasteiger partial charge is 0.495 e. The second-order valence-electron chi connectivity index (χ2n) is 5.45. The molecule has 20 heavy (non-hydrogen) atoms. The lowest BCUT2D eigenvalue weighted by Crippen LogP contribution is -2.38. The van der Waals surface area contributed by atoms with E-state index in [1.54, 1.807) is 13.3 Å². The summed E-state index contributed by atoms with van der Waals surface area (Å²) < 4.78 is 5.29. The van der Waals surface area contributed by atoms with Crippen molar-refractivity contribution in [3.8, 4) is 5.75 Å². The molecular weight excluding hydrogens is 248 g/mol. The van der Waals surface area contributed by atoms with Gasteiger partial charge in [-0.05, 0) is 42.0 Å². The first-order valence-corrected chi connectivity index (χ1v) is 7.11. The van der Waals surface area contributed by atoms with Gasteiger partial charge >= 0.3 is 0 Å². The molecule has 0 saturated carbocycles. The van der Waals surface area contributed by atoms with Crippen LogP contribution in [0.3, 0.4) is 0 Å². The Bertz CT molecular complexity index is 611. The Hall–Kier alpha value is -1.87. The van der Waals surface area contributed by atoms with Crippen molar-refractivity contribution in [1.82, 2.24) is 4.98 Å². The lowest BCUT2D eigenvalue weighted by Gasteiger charge is -2.31. The van der Waals surface area contributed by atoms with Crippen molar-refractivity contribution < 1.29 is 4.74 Å². The quantitative estimate of drug-likeness (QED) is 0.852. The third kappa shape index (κ3) is 2.18. The van der Waals surface area contributed by atoms with Gasteiger partial charge in [0.05, 0.1) is 18.8 Å². The lowest BCUT2D eigenvalue weighted by molar-refractivity contribution is 0.408. The first-order chi connectivity index (χ1) is 9.74. The van der Waals surface area contributed by atoms with E-state index >= 15 is 0 Å². The first kappa shape index (κ1) is 13.1. The van der Waals surface area contributed by atoms with Crippen LogP contribution in [-0.4, -0.2) is 12.1 Å². The standard InChI is InChI=1S/C17H20N2O/c1-20-15-10-14(11-19-12-15)17(18)9-5-4-7-13-6-2-3-8-16(13)17/h2-3,6,8,10-12H,4-5,7,9,18H2,1H3. The topological polar surface area (TPSA) is 48.1 Å². The van der Waals surface area contributed by atoms with E-state index in [0.29, 0.717) is 0 Å². The number of pyridine rings is 1. The molecule has 3 heteroatoms. The average molecular weight is 268 g/mol. The van der Waals surface area contributed by atoms with Gasteiger partial charge in [0, 0.05) is 6.20 Å². The number of aryl methyl sites for hydroxylation is 1. The first-order valence-electron chi connectivity index (χ1n) is 7.11. The summed E-state index contributed by atoms with van der Waals surface area (Å²) in [7, 11) is 1.66. The summed E-state index contributed by atoms with van der Waals surface area (Å²) in [5.74, 6) is 0.758. The highest BCUT2D eigenvalue weighted by molar-refractivity contribution is 5.44. The highest BCUT2D eigenvalue weighted by Gasteiger charge is 2.33. The molecule has 104 valence electrons. The molecule has 0 saturated heterocycles. The maximum atomic E-state index is 6.82. The fraction of sp³-hybridized carbons (Fsp3) is 0.353. The van der Waals surface area contributed by atoms with Crippen molar-refractivity contribution in [2.24, 2.45) is 5.73 Å². The minimum atomic E-state index is -0.464. The van der Waals surface area contributed by atoms with Crippen LogP contribution in [-0.2, 0) is 12.0 Å². The van der Waals surface area contributed by atoms with Crippen LogP contribution in [0, 0.1) is 0 Å². The number of rotatable bonds is 2. The second-order valence-corrected chi connectivity index (χ2v) is 5.45. The molecule has 0 amide bonds. The van der Waals surface area contributed by atoms with E-state index in [4.69, 9.17) is 10.5 Å². The maximum Gasteiger partial charge on any atom is 0.137 e.